The summed E-state index contributed by atoms with van der Waals surface area (Å²) in [6.07, 6.45) is 4.72. The second kappa shape index (κ2) is 7.10. The molecular weight excluding hydrogens is 244 g/mol. The summed E-state index contributed by atoms with van der Waals surface area (Å²) in [4.78, 5) is 13.8. The normalized spacial score (nSPS) is 28.1. The Bertz CT molecular complexity index is 294. The van der Waals surface area contributed by atoms with Gasteiger partial charge >= 0.3 is 6.09 Å². The summed E-state index contributed by atoms with van der Waals surface area (Å²) in [7, 11) is 0. The highest BCUT2D eigenvalue weighted by Crippen LogP contribution is 2.37. The molecule has 2 N–H and O–H groups in total. The van der Waals surface area contributed by atoms with E-state index in [1.807, 2.05) is 6.92 Å². The number of carbonyl (C=O) groups excluding carboxylic acids is 1. The molecule has 1 amide bonds. The topological polar surface area (TPSA) is 61.8 Å². The van der Waals surface area contributed by atoms with Crippen LogP contribution in [0.5, 0.6) is 0 Å². The molecule has 1 saturated heterocycles. The van der Waals surface area contributed by atoms with Crippen molar-refractivity contribution in [3.05, 3.63) is 0 Å². The molecule has 0 spiro atoms. The number of β-amino-alcohol motifs (C(OH)–C–C–N with tert-alkyl or cyclic N) is 1. The molecule has 2 atom stereocenters. The van der Waals surface area contributed by atoms with Crippen LogP contribution in [0.2, 0.25) is 0 Å². The third-order valence-electron chi connectivity index (χ3n) is 3.99. The van der Waals surface area contributed by atoms with E-state index in [1.165, 1.54) is 19.3 Å². The number of likely N-dealkylation sites (tertiary alicyclic amines) is 1. The van der Waals surface area contributed by atoms with E-state index in [1.54, 1.807) is 0 Å². The van der Waals surface area contributed by atoms with E-state index in [2.05, 4.69) is 10.2 Å². The maximum atomic E-state index is 11.5. The van der Waals surface area contributed by atoms with Crippen molar-refractivity contribution in [1.82, 2.24) is 10.2 Å². The number of ether oxygens (including phenoxy) is 1. The molecule has 110 valence electrons. The summed E-state index contributed by atoms with van der Waals surface area (Å²) in [6, 6.07) is 0.156. The van der Waals surface area contributed by atoms with E-state index in [9.17, 15) is 4.79 Å². The highest BCUT2D eigenvalue weighted by atomic mass is 16.5. The summed E-state index contributed by atoms with van der Waals surface area (Å²) in [5.41, 5.74) is 0. The second-order valence-electron chi connectivity index (χ2n) is 5.83. The fraction of sp³-hybridized carbons (Fsp3) is 0.929. The molecule has 5 nitrogen and oxygen atoms in total. The SMILES string of the molecule is CCOC(=O)NC1CC(CC2CC2)CN(CCO)C1. The van der Waals surface area contributed by atoms with E-state index in [-0.39, 0.29) is 18.7 Å². The zero-order chi connectivity index (χ0) is 13.7. The van der Waals surface area contributed by atoms with Crippen LogP contribution in [-0.2, 0) is 4.74 Å². The van der Waals surface area contributed by atoms with E-state index >= 15 is 0 Å². The Morgan fingerprint density at radius 2 is 2.16 bits per heavy atom. The highest BCUT2D eigenvalue weighted by Gasteiger charge is 2.32. The second-order valence-corrected chi connectivity index (χ2v) is 5.83. The predicted molar refractivity (Wildman–Crippen MR) is 72.9 cm³/mol. The van der Waals surface area contributed by atoms with Crippen molar-refractivity contribution in [2.24, 2.45) is 11.8 Å². The molecule has 2 unspecified atom stereocenters. The Hall–Kier alpha value is -0.810. The van der Waals surface area contributed by atoms with E-state index in [0.717, 1.165) is 25.4 Å². The van der Waals surface area contributed by atoms with Crippen molar-refractivity contribution in [2.75, 3.05) is 32.8 Å². The van der Waals surface area contributed by atoms with Crippen molar-refractivity contribution >= 4 is 6.09 Å². The molecule has 1 aliphatic heterocycles. The summed E-state index contributed by atoms with van der Waals surface area (Å²) in [6.45, 7) is 4.97. The standard InChI is InChI=1S/C14H26N2O3/c1-2-19-14(18)15-13-8-12(7-11-3-4-11)9-16(10-13)5-6-17/h11-13,17H,2-10H2,1H3,(H,15,18). The summed E-state index contributed by atoms with van der Waals surface area (Å²) >= 11 is 0. The van der Waals surface area contributed by atoms with Crippen LogP contribution in [0.1, 0.15) is 32.6 Å². The van der Waals surface area contributed by atoms with Crippen LogP contribution in [-0.4, -0.2) is 55.0 Å². The Morgan fingerprint density at radius 1 is 1.37 bits per heavy atom. The van der Waals surface area contributed by atoms with Gasteiger partial charge in [-0.1, -0.05) is 12.8 Å². The van der Waals surface area contributed by atoms with E-state index in [4.69, 9.17) is 9.84 Å². The Kier molecular flexibility index (Phi) is 5.45. The number of hydrogen-bond donors (Lipinski definition) is 2. The molecule has 0 aromatic rings. The monoisotopic (exact) mass is 270 g/mol. The lowest BCUT2D eigenvalue weighted by Gasteiger charge is -2.37. The van der Waals surface area contributed by atoms with Crippen LogP contribution in [0.4, 0.5) is 4.79 Å². The largest absolute Gasteiger partial charge is 0.450 e. The Morgan fingerprint density at radius 3 is 2.79 bits per heavy atom. The molecule has 2 aliphatic rings. The van der Waals surface area contributed by atoms with E-state index < -0.39 is 0 Å². The first-order valence-corrected chi connectivity index (χ1v) is 7.47. The van der Waals surface area contributed by atoms with Crippen molar-refractivity contribution in [3.8, 4) is 0 Å². The minimum Gasteiger partial charge on any atom is -0.450 e. The van der Waals surface area contributed by atoms with Crippen LogP contribution in [0.25, 0.3) is 0 Å². The minimum absolute atomic E-state index is 0.156. The number of amides is 1. The summed E-state index contributed by atoms with van der Waals surface area (Å²) in [5, 5.41) is 12.0. The van der Waals surface area contributed by atoms with Gasteiger partial charge in [-0.15, -0.1) is 0 Å². The molecule has 0 aromatic carbocycles. The molecule has 5 heteroatoms. The Balaban J connectivity index is 1.83. The molecular formula is C14H26N2O3. The molecule has 0 aromatic heterocycles. The van der Waals surface area contributed by atoms with Gasteiger partial charge in [0.15, 0.2) is 0 Å². The molecule has 2 fully saturated rings. The molecule has 1 saturated carbocycles. The van der Waals surface area contributed by atoms with Gasteiger partial charge in [-0.3, -0.25) is 4.90 Å². The number of aliphatic hydroxyl groups is 1. The lowest BCUT2D eigenvalue weighted by atomic mass is 9.90. The van der Waals surface area contributed by atoms with Gasteiger partial charge < -0.3 is 15.2 Å². The van der Waals surface area contributed by atoms with Crippen LogP contribution in [0, 0.1) is 11.8 Å². The number of rotatable bonds is 6. The van der Waals surface area contributed by atoms with Crippen LogP contribution < -0.4 is 5.32 Å². The lowest BCUT2D eigenvalue weighted by Crippen LogP contribution is -2.51. The summed E-state index contributed by atoms with van der Waals surface area (Å²) < 4.78 is 4.95. The van der Waals surface area contributed by atoms with Gasteiger partial charge in [0.25, 0.3) is 0 Å². The molecule has 1 aliphatic carbocycles. The first kappa shape index (κ1) is 14.6. The zero-order valence-electron chi connectivity index (χ0n) is 11.8. The average molecular weight is 270 g/mol. The molecule has 1 heterocycles. The van der Waals surface area contributed by atoms with Crippen LogP contribution in [0.15, 0.2) is 0 Å². The van der Waals surface area contributed by atoms with Crippen molar-refractivity contribution < 1.29 is 14.6 Å². The number of carbonyl (C=O) groups is 1. The van der Waals surface area contributed by atoms with Gasteiger partial charge in [0.05, 0.1) is 13.2 Å². The maximum absolute atomic E-state index is 11.5. The van der Waals surface area contributed by atoms with Gasteiger partial charge in [-0.25, -0.2) is 4.79 Å². The molecule has 2 rings (SSSR count). The molecule has 0 bridgehead atoms. The van der Waals surface area contributed by atoms with Crippen LogP contribution >= 0.6 is 0 Å². The van der Waals surface area contributed by atoms with Gasteiger partial charge in [-0.05, 0) is 31.6 Å². The fourth-order valence-corrected chi connectivity index (χ4v) is 3.07. The maximum Gasteiger partial charge on any atom is 0.407 e. The zero-order valence-corrected chi connectivity index (χ0v) is 11.8. The number of nitrogens with zero attached hydrogens (tertiary/aromatic N) is 1. The summed E-state index contributed by atoms with van der Waals surface area (Å²) in [5.74, 6) is 1.54. The first-order chi connectivity index (χ1) is 9.21. The third-order valence-corrected chi connectivity index (χ3v) is 3.99. The van der Waals surface area contributed by atoms with Crippen LogP contribution in [0.3, 0.4) is 0 Å². The average Bonchev–Trinajstić information content (AvgIpc) is 3.13. The number of nitrogens with one attached hydrogen (secondary N) is 1. The van der Waals surface area contributed by atoms with Crippen molar-refractivity contribution in [3.63, 3.8) is 0 Å². The molecule has 0 radical (unpaired) electrons. The van der Waals surface area contributed by atoms with Gasteiger partial charge in [0.1, 0.15) is 0 Å². The number of alkyl carbamates (subject to hydrolysis) is 1. The fourth-order valence-electron chi connectivity index (χ4n) is 3.07. The number of piperidine rings is 1. The minimum atomic E-state index is -0.316. The number of hydrogen-bond acceptors (Lipinski definition) is 4. The first-order valence-electron chi connectivity index (χ1n) is 7.47. The van der Waals surface area contributed by atoms with Crippen molar-refractivity contribution in [1.29, 1.82) is 0 Å². The quantitative estimate of drug-likeness (QED) is 0.762. The van der Waals surface area contributed by atoms with E-state index in [0.29, 0.717) is 19.1 Å². The van der Waals surface area contributed by atoms with Gasteiger partial charge in [0, 0.05) is 25.7 Å². The van der Waals surface area contributed by atoms with Gasteiger partial charge in [0.2, 0.25) is 0 Å². The van der Waals surface area contributed by atoms with Crippen molar-refractivity contribution in [2.45, 2.75) is 38.6 Å². The Labute approximate surface area is 115 Å². The smallest absolute Gasteiger partial charge is 0.407 e. The molecule has 19 heavy (non-hydrogen) atoms. The van der Waals surface area contributed by atoms with Gasteiger partial charge in [-0.2, -0.15) is 0 Å². The third kappa shape index (κ3) is 4.99. The highest BCUT2D eigenvalue weighted by molar-refractivity contribution is 5.67. The number of aliphatic hydroxyl groups excluding tert-OH is 1. The lowest BCUT2D eigenvalue weighted by molar-refractivity contribution is 0.0995. The predicted octanol–water partition coefficient (Wildman–Crippen LogP) is 1.22.